The van der Waals surface area contributed by atoms with Crippen LogP contribution in [0.15, 0.2) is 42.6 Å². The van der Waals surface area contributed by atoms with Gasteiger partial charge in [-0.25, -0.2) is 0 Å². The first-order chi connectivity index (χ1) is 11.3. The predicted molar refractivity (Wildman–Crippen MR) is 90.2 cm³/mol. The molecule has 1 aromatic heterocycles. The van der Waals surface area contributed by atoms with E-state index in [2.05, 4.69) is 33.4 Å². The van der Waals surface area contributed by atoms with Crippen LogP contribution in [0.3, 0.4) is 0 Å². The van der Waals surface area contributed by atoms with E-state index in [9.17, 15) is 4.79 Å². The van der Waals surface area contributed by atoms with Crippen LogP contribution in [0.2, 0.25) is 0 Å². The normalized spacial score (nSPS) is 13.0. The van der Waals surface area contributed by atoms with E-state index in [-0.39, 0.29) is 5.91 Å². The van der Waals surface area contributed by atoms with Gasteiger partial charge in [-0.3, -0.25) is 9.78 Å². The Kier molecular flexibility index (Phi) is 4.88. The molecule has 2 aromatic rings. The lowest BCUT2D eigenvalue weighted by atomic mass is 10.2. The van der Waals surface area contributed by atoms with E-state index in [1.807, 2.05) is 18.2 Å². The van der Waals surface area contributed by atoms with Crippen LogP contribution in [0.5, 0.6) is 0 Å². The van der Waals surface area contributed by atoms with Crippen molar-refractivity contribution in [3.8, 4) is 0 Å². The Morgan fingerprint density at radius 1 is 1.35 bits per heavy atom. The zero-order valence-corrected chi connectivity index (χ0v) is 13.3. The Balaban J connectivity index is 1.72. The van der Waals surface area contributed by atoms with Crippen molar-refractivity contribution in [2.24, 2.45) is 0 Å². The molecule has 0 spiro atoms. The van der Waals surface area contributed by atoms with Crippen molar-refractivity contribution >= 4 is 17.3 Å². The maximum Gasteiger partial charge on any atom is 0.269 e. The lowest BCUT2D eigenvalue weighted by Gasteiger charge is -2.19. The first-order valence-corrected chi connectivity index (χ1v) is 7.88. The van der Waals surface area contributed by atoms with Crippen molar-refractivity contribution in [2.45, 2.75) is 12.8 Å². The van der Waals surface area contributed by atoms with Gasteiger partial charge in [-0.2, -0.15) is 0 Å². The van der Waals surface area contributed by atoms with E-state index < -0.39 is 0 Å². The minimum Gasteiger partial charge on any atom is -0.385 e. The summed E-state index contributed by atoms with van der Waals surface area (Å²) < 4.78 is 4.98. The fourth-order valence-electron chi connectivity index (χ4n) is 2.83. The molecule has 0 saturated carbocycles. The number of hydrogen-bond acceptors (Lipinski definition) is 4. The number of fused-ring (bicyclic) bond motifs is 1. The highest BCUT2D eigenvalue weighted by molar-refractivity contribution is 5.93. The molecule has 5 nitrogen and oxygen atoms in total. The maximum absolute atomic E-state index is 12.2. The Hall–Kier alpha value is -2.40. The lowest BCUT2D eigenvalue weighted by molar-refractivity contribution is 0.0943. The fourth-order valence-corrected chi connectivity index (χ4v) is 2.83. The second-order valence-corrected chi connectivity index (χ2v) is 5.53. The van der Waals surface area contributed by atoms with Crippen LogP contribution in [-0.2, 0) is 11.2 Å². The SMILES string of the molecule is COCCCNC(=O)c1cc(N2CCc3ccccc32)ccn1. The number of hydrogen-bond donors (Lipinski definition) is 1. The van der Waals surface area contributed by atoms with Crippen LogP contribution in [0, 0.1) is 0 Å². The second kappa shape index (κ2) is 7.24. The number of anilines is 2. The summed E-state index contributed by atoms with van der Waals surface area (Å²) in [5.41, 5.74) is 4.01. The van der Waals surface area contributed by atoms with Crippen molar-refractivity contribution in [3.63, 3.8) is 0 Å². The zero-order chi connectivity index (χ0) is 16.1. The van der Waals surface area contributed by atoms with E-state index in [0.29, 0.717) is 18.8 Å². The number of benzene rings is 1. The molecule has 1 aromatic carbocycles. The molecule has 0 fully saturated rings. The Morgan fingerprint density at radius 3 is 3.09 bits per heavy atom. The second-order valence-electron chi connectivity index (χ2n) is 5.53. The van der Waals surface area contributed by atoms with Gasteiger partial charge in [-0.1, -0.05) is 18.2 Å². The molecule has 1 amide bonds. The lowest BCUT2D eigenvalue weighted by Crippen LogP contribution is -2.26. The molecule has 0 radical (unpaired) electrons. The molecule has 120 valence electrons. The third-order valence-electron chi connectivity index (χ3n) is 3.99. The van der Waals surface area contributed by atoms with E-state index in [1.165, 1.54) is 11.3 Å². The number of pyridine rings is 1. The van der Waals surface area contributed by atoms with Gasteiger partial charge in [0.15, 0.2) is 0 Å². The molecule has 0 aliphatic carbocycles. The van der Waals surface area contributed by atoms with E-state index in [4.69, 9.17) is 4.74 Å². The molecule has 1 N–H and O–H groups in total. The van der Waals surface area contributed by atoms with Crippen molar-refractivity contribution in [3.05, 3.63) is 53.9 Å². The number of methoxy groups -OCH3 is 1. The molecule has 3 rings (SSSR count). The standard InChI is InChI=1S/C18H21N3O2/c1-23-12-4-9-20-18(22)16-13-15(7-10-19-16)21-11-8-14-5-2-3-6-17(14)21/h2-3,5-7,10,13H,4,8-9,11-12H2,1H3,(H,20,22). The van der Waals surface area contributed by atoms with Crippen LogP contribution < -0.4 is 10.2 Å². The van der Waals surface area contributed by atoms with E-state index in [1.54, 1.807) is 13.3 Å². The van der Waals surface area contributed by atoms with Gasteiger partial charge in [-0.05, 0) is 36.6 Å². The van der Waals surface area contributed by atoms with Gasteiger partial charge in [0.25, 0.3) is 5.91 Å². The number of aromatic nitrogens is 1. The maximum atomic E-state index is 12.2. The van der Waals surface area contributed by atoms with E-state index in [0.717, 1.165) is 25.1 Å². The topological polar surface area (TPSA) is 54.5 Å². The summed E-state index contributed by atoms with van der Waals surface area (Å²) in [6.45, 7) is 2.15. The average Bonchev–Trinajstić information content (AvgIpc) is 3.03. The minimum absolute atomic E-state index is 0.143. The molecule has 0 atom stereocenters. The molecule has 1 aliphatic rings. The number of amides is 1. The summed E-state index contributed by atoms with van der Waals surface area (Å²) in [4.78, 5) is 18.6. The first kappa shape index (κ1) is 15.5. The Morgan fingerprint density at radius 2 is 2.22 bits per heavy atom. The largest absolute Gasteiger partial charge is 0.385 e. The molecule has 2 heterocycles. The van der Waals surface area contributed by atoms with Gasteiger partial charge in [0, 0.05) is 44.4 Å². The average molecular weight is 311 g/mol. The molecule has 0 saturated heterocycles. The number of para-hydroxylation sites is 1. The molecular weight excluding hydrogens is 290 g/mol. The van der Waals surface area contributed by atoms with Crippen molar-refractivity contribution in [1.82, 2.24) is 10.3 Å². The van der Waals surface area contributed by atoms with Crippen LogP contribution in [0.25, 0.3) is 0 Å². The monoisotopic (exact) mass is 311 g/mol. The highest BCUT2D eigenvalue weighted by Crippen LogP contribution is 2.34. The highest BCUT2D eigenvalue weighted by Gasteiger charge is 2.20. The summed E-state index contributed by atoms with van der Waals surface area (Å²) >= 11 is 0. The number of carbonyl (C=O) groups excluding carboxylic acids is 1. The number of ether oxygens (including phenoxy) is 1. The molecule has 1 aliphatic heterocycles. The molecule has 0 bridgehead atoms. The summed E-state index contributed by atoms with van der Waals surface area (Å²) in [6.07, 6.45) is 3.51. The van der Waals surface area contributed by atoms with Crippen LogP contribution in [0.4, 0.5) is 11.4 Å². The van der Waals surface area contributed by atoms with Crippen molar-refractivity contribution in [1.29, 1.82) is 0 Å². The van der Waals surface area contributed by atoms with Crippen LogP contribution >= 0.6 is 0 Å². The zero-order valence-electron chi connectivity index (χ0n) is 13.3. The number of carbonyl (C=O) groups is 1. The molecule has 23 heavy (non-hydrogen) atoms. The van der Waals surface area contributed by atoms with Crippen LogP contribution in [0.1, 0.15) is 22.5 Å². The third kappa shape index (κ3) is 3.51. The van der Waals surface area contributed by atoms with Gasteiger partial charge >= 0.3 is 0 Å². The quantitative estimate of drug-likeness (QED) is 0.833. The summed E-state index contributed by atoms with van der Waals surface area (Å²) in [7, 11) is 1.65. The van der Waals surface area contributed by atoms with Gasteiger partial charge in [-0.15, -0.1) is 0 Å². The smallest absolute Gasteiger partial charge is 0.269 e. The number of nitrogens with one attached hydrogen (secondary N) is 1. The minimum atomic E-state index is -0.143. The number of nitrogens with zero attached hydrogens (tertiary/aromatic N) is 2. The van der Waals surface area contributed by atoms with Gasteiger partial charge in [0.1, 0.15) is 5.69 Å². The fraction of sp³-hybridized carbons (Fsp3) is 0.333. The highest BCUT2D eigenvalue weighted by atomic mass is 16.5. The van der Waals surface area contributed by atoms with Gasteiger partial charge in [0.05, 0.1) is 0 Å². The number of rotatable bonds is 6. The van der Waals surface area contributed by atoms with E-state index >= 15 is 0 Å². The molecular formula is C18H21N3O2. The van der Waals surface area contributed by atoms with Crippen molar-refractivity contribution in [2.75, 3.05) is 31.7 Å². The first-order valence-electron chi connectivity index (χ1n) is 7.88. The Bertz CT molecular complexity index is 687. The third-order valence-corrected chi connectivity index (χ3v) is 3.99. The summed E-state index contributed by atoms with van der Waals surface area (Å²) in [6, 6.07) is 12.2. The molecule has 5 heteroatoms. The van der Waals surface area contributed by atoms with Crippen LogP contribution in [-0.4, -0.2) is 37.7 Å². The van der Waals surface area contributed by atoms with Gasteiger partial charge < -0.3 is 15.0 Å². The Labute approximate surface area is 136 Å². The van der Waals surface area contributed by atoms with Crippen molar-refractivity contribution < 1.29 is 9.53 Å². The predicted octanol–water partition coefficient (Wildman–Crippen LogP) is 2.54. The molecule has 0 unspecified atom stereocenters. The van der Waals surface area contributed by atoms with Gasteiger partial charge in [0.2, 0.25) is 0 Å². The summed E-state index contributed by atoms with van der Waals surface area (Å²) in [5, 5.41) is 2.87. The summed E-state index contributed by atoms with van der Waals surface area (Å²) in [5.74, 6) is -0.143.